The third-order valence-electron chi connectivity index (χ3n) is 1.55. The lowest BCUT2D eigenvalue weighted by Gasteiger charge is -2.19. The second-order valence-corrected chi connectivity index (χ2v) is 4.36. The molecule has 1 N–H and O–H groups in total. The van der Waals surface area contributed by atoms with E-state index in [0.717, 1.165) is 0 Å². The fourth-order valence-electron chi connectivity index (χ4n) is 0.938. The highest BCUT2D eigenvalue weighted by Crippen LogP contribution is 2.10. The van der Waals surface area contributed by atoms with E-state index in [0.29, 0.717) is 11.5 Å². The number of esters is 1. The predicted octanol–water partition coefficient (Wildman–Crippen LogP) is 1.35. The first kappa shape index (κ1) is 13.9. The molecule has 0 aliphatic carbocycles. The Bertz CT molecular complexity index is 230. The van der Waals surface area contributed by atoms with Crippen LogP contribution < -0.4 is 0 Å². The second-order valence-electron chi connectivity index (χ2n) is 4.36. The van der Waals surface area contributed by atoms with Crippen LogP contribution in [0.1, 0.15) is 40.0 Å². The highest BCUT2D eigenvalue weighted by molar-refractivity contribution is 5.76. The monoisotopic (exact) mass is 217 g/mol. The summed E-state index contributed by atoms with van der Waals surface area (Å²) in [4.78, 5) is 22.1. The maximum atomic E-state index is 11.2. The number of hydrogen-bond donors (Lipinski definition) is 1. The fourth-order valence-corrected chi connectivity index (χ4v) is 0.938. The molecule has 0 unspecified atom stereocenters. The zero-order chi connectivity index (χ0) is 12.1. The Balaban J connectivity index is 3.70. The number of rotatable bonds is 4. The molecule has 88 valence electrons. The largest absolute Gasteiger partial charge is 0.460 e. The van der Waals surface area contributed by atoms with E-state index in [1.807, 2.05) is 0 Å². The topological polar surface area (TPSA) is 66.8 Å². The van der Waals surface area contributed by atoms with Crippen molar-refractivity contribution in [3.05, 3.63) is 0 Å². The number of ether oxygens (including phenoxy) is 1. The van der Waals surface area contributed by atoms with Gasteiger partial charge in [0, 0.05) is 19.9 Å². The SMILES string of the molecule is CN(O)C(=O)CCCC(=O)OC(C)(C)C. The molecule has 0 aromatic heterocycles. The Morgan fingerprint density at radius 2 is 1.80 bits per heavy atom. The first-order valence-corrected chi connectivity index (χ1v) is 4.89. The number of amides is 1. The maximum Gasteiger partial charge on any atom is 0.306 e. The lowest BCUT2D eigenvalue weighted by molar-refractivity contribution is -0.160. The minimum atomic E-state index is -0.491. The molecule has 5 heteroatoms. The van der Waals surface area contributed by atoms with Crippen LogP contribution in [0.4, 0.5) is 0 Å². The predicted molar refractivity (Wildman–Crippen MR) is 54.3 cm³/mol. The van der Waals surface area contributed by atoms with Gasteiger partial charge in [-0.1, -0.05) is 0 Å². The van der Waals surface area contributed by atoms with Crippen LogP contribution in [0.15, 0.2) is 0 Å². The Kier molecular flexibility index (Phi) is 5.28. The summed E-state index contributed by atoms with van der Waals surface area (Å²) >= 11 is 0. The minimum Gasteiger partial charge on any atom is -0.460 e. The van der Waals surface area contributed by atoms with Gasteiger partial charge in [-0.25, -0.2) is 5.06 Å². The third-order valence-corrected chi connectivity index (χ3v) is 1.55. The van der Waals surface area contributed by atoms with Crippen LogP contribution in [0.2, 0.25) is 0 Å². The van der Waals surface area contributed by atoms with Gasteiger partial charge in [0.1, 0.15) is 5.60 Å². The summed E-state index contributed by atoms with van der Waals surface area (Å²) in [5, 5.41) is 9.26. The van der Waals surface area contributed by atoms with Crippen molar-refractivity contribution in [3.8, 4) is 0 Å². The van der Waals surface area contributed by atoms with Crippen molar-refractivity contribution in [1.29, 1.82) is 0 Å². The summed E-state index contributed by atoms with van der Waals surface area (Å²) in [6.07, 6.45) is 0.724. The molecule has 0 aliphatic heterocycles. The Morgan fingerprint density at radius 1 is 1.27 bits per heavy atom. The summed E-state index contributed by atoms with van der Waals surface area (Å²) < 4.78 is 5.05. The average Bonchev–Trinajstić information content (AvgIpc) is 2.00. The van der Waals surface area contributed by atoms with Crippen LogP contribution in [0.3, 0.4) is 0 Å². The number of hydrogen-bond acceptors (Lipinski definition) is 4. The van der Waals surface area contributed by atoms with Crippen LogP contribution in [0.25, 0.3) is 0 Å². The molecule has 1 amide bonds. The van der Waals surface area contributed by atoms with Crippen molar-refractivity contribution in [2.24, 2.45) is 0 Å². The third kappa shape index (κ3) is 7.93. The van der Waals surface area contributed by atoms with Gasteiger partial charge >= 0.3 is 5.97 Å². The highest BCUT2D eigenvalue weighted by Gasteiger charge is 2.16. The second kappa shape index (κ2) is 5.70. The van der Waals surface area contributed by atoms with Gasteiger partial charge in [0.05, 0.1) is 0 Å². The van der Waals surface area contributed by atoms with Crippen LogP contribution in [0, 0.1) is 0 Å². The van der Waals surface area contributed by atoms with Gasteiger partial charge in [-0.05, 0) is 27.2 Å². The molecule has 0 radical (unpaired) electrons. The van der Waals surface area contributed by atoms with E-state index < -0.39 is 11.5 Å². The van der Waals surface area contributed by atoms with Crippen molar-refractivity contribution in [3.63, 3.8) is 0 Å². The Morgan fingerprint density at radius 3 is 2.20 bits per heavy atom. The Labute approximate surface area is 90.0 Å². The number of carbonyl (C=O) groups excluding carboxylic acids is 2. The van der Waals surface area contributed by atoms with Gasteiger partial charge in [-0.3, -0.25) is 14.8 Å². The zero-order valence-electron chi connectivity index (χ0n) is 9.74. The molecule has 0 aliphatic rings. The summed E-state index contributed by atoms with van der Waals surface area (Å²) in [5.74, 6) is -0.727. The van der Waals surface area contributed by atoms with Crippen LogP contribution in [0.5, 0.6) is 0 Å². The summed E-state index contributed by atoms with van der Waals surface area (Å²) in [6, 6.07) is 0. The van der Waals surface area contributed by atoms with E-state index in [1.54, 1.807) is 20.8 Å². The van der Waals surface area contributed by atoms with E-state index in [9.17, 15) is 9.59 Å². The molecule has 0 saturated carbocycles. The zero-order valence-corrected chi connectivity index (χ0v) is 9.74. The fraction of sp³-hybridized carbons (Fsp3) is 0.800. The molecule has 0 aromatic carbocycles. The minimum absolute atomic E-state index is 0.145. The average molecular weight is 217 g/mol. The standard InChI is InChI=1S/C10H19NO4/c1-10(2,3)15-9(13)7-5-6-8(12)11(4)14/h14H,5-7H2,1-4H3. The summed E-state index contributed by atoms with van der Waals surface area (Å²) in [5.41, 5.74) is -0.491. The Hall–Kier alpha value is -1.10. The van der Waals surface area contributed by atoms with Crippen molar-refractivity contribution < 1.29 is 19.5 Å². The quantitative estimate of drug-likeness (QED) is 0.438. The van der Waals surface area contributed by atoms with Gasteiger partial charge in [0.2, 0.25) is 5.91 Å². The number of carbonyl (C=O) groups is 2. The van der Waals surface area contributed by atoms with Crippen molar-refractivity contribution in [1.82, 2.24) is 5.06 Å². The lowest BCUT2D eigenvalue weighted by Crippen LogP contribution is -2.25. The normalized spacial score (nSPS) is 11.0. The van der Waals surface area contributed by atoms with Crippen LogP contribution >= 0.6 is 0 Å². The molecule has 0 atom stereocenters. The summed E-state index contributed by atoms with van der Waals surface area (Å²) in [7, 11) is 1.26. The molecule has 5 nitrogen and oxygen atoms in total. The smallest absolute Gasteiger partial charge is 0.306 e. The van der Waals surface area contributed by atoms with E-state index in [1.165, 1.54) is 7.05 Å². The highest BCUT2D eigenvalue weighted by atomic mass is 16.6. The molecule has 0 rings (SSSR count). The van der Waals surface area contributed by atoms with Crippen molar-refractivity contribution >= 4 is 11.9 Å². The molecular weight excluding hydrogens is 198 g/mol. The van der Waals surface area contributed by atoms with E-state index in [2.05, 4.69) is 0 Å². The molecule has 0 heterocycles. The molecule has 0 aromatic rings. The molecule has 0 fully saturated rings. The first-order valence-electron chi connectivity index (χ1n) is 4.89. The molecular formula is C10H19NO4. The van der Waals surface area contributed by atoms with Crippen LogP contribution in [-0.4, -0.2) is 34.8 Å². The van der Waals surface area contributed by atoms with Gasteiger partial charge in [0.15, 0.2) is 0 Å². The van der Waals surface area contributed by atoms with Crippen molar-refractivity contribution in [2.75, 3.05) is 7.05 Å². The van der Waals surface area contributed by atoms with E-state index in [-0.39, 0.29) is 18.8 Å². The molecule has 0 saturated heterocycles. The number of hydroxylamine groups is 2. The molecule has 15 heavy (non-hydrogen) atoms. The lowest BCUT2D eigenvalue weighted by atomic mass is 10.2. The van der Waals surface area contributed by atoms with Crippen molar-refractivity contribution in [2.45, 2.75) is 45.6 Å². The summed E-state index contributed by atoms with van der Waals surface area (Å²) in [6.45, 7) is 5.37. The van der Waals surface area contributed by atoms with Gasteiger partial charge in [0.25, 0.3) is 0 Å². The first-order chi connectivity index (χ1) is 6.72. The molecule has 0 spiro atoms. The van der Waals surface area contributed by atoms with E-state index in [4.69, 9.17) is 9.94 Å². The van der Waals surface area contributed by atoms with Gasteiger partial charge < -0.3 is 4.74 Å². The van der Waals surface area contributed by atoms with E-state index >= 15 is 0 Å². The number of nitrogens with zero attached hydrogens (tertiary/aromatic N) is 1. The van der Waals surface area contributed by atoms with Crippen LogP contribution in [-0.2, 0) is 14.3 Å². The molecule has 0 bridgehead atoms. The van der Waals surface area contributed by atoms with Gasteiger partial charge in [-0.2, -0.15) is 0 Å². The van der Waals surface area contributed by atoms with Gasteiger partial charge in [-0.15, -0.1) is 0 Å². The maximum absolute atomic E-state index is 11.2.